The lowest BCUT2D eigenvalue weighted by atomic mass is 9.81. The number of halogens is 4. The van der Waals surface area contributed by atoms with E-state index in [2.05, 4.69) is 81.6 Å². The van der Waals surface area contributed by atoms with Gasteiger partial charge in [0.05, 0.1) is 47.6 Å². The summed E-state index contributed by atoms with van der Waals surface area (Å²) in [6.45, 7) is 18.4. The van der Waals surface area contributed by atoms with Gasteiger partial charge in [0.15, 0.2) is 23.3 Å². The smallest absolute Gasteiger partial charge is 0.255 e. The summed E-state index contributed by atoms with van der Waals surface area (Å²) in [5, 5.41) is 20.1. The van der Waals surface area contributed by atoms with Crippen LogP contribution in [0.5, 0.6) is 0 Å². The number of piperidine rings is 1. The van der Waals surface area contributed by atoms with E-state index in [4.69, 9.17) is 0 Å². The lowest BCUT2D eigenvalue weighted by Gasteiger charge is -2.51. The maximum atomic E-state index is 15.0. The quantitative estimate of drug-likeness (QED) is 0.0890. The van der Waals surface area contributed by atoms with Crippen molar-refractivity contribution in [2.75, 3.05) is 50.4 Å². The lowest BCUT2D eigenvalue weighted by Crippen LogP contribution is -2.72. The molecule has 4 N–H and O–H groups in total. The van der Waals surface area contributed by atoms with Crippen molar-refractivity contribution in [3.05, 3.63) is 119 Å². The third kappa shape index (κ3) is 11.0. The van der Waals surface area contributed by atoms with Crippen LogP contribution in [0, 0.1) is 37.1 Å². The van der Waals surface area contributed by atoms with Gasteiger partial charge < -0.3 is 40.0 Å². The van der Waals surface area contributed by atoms with Crippen molar-refractivity contribution < 1.29 is 32.3 Å². The SMILES string of the molecule is Cc1nc2c(F)cc(-c3nc(Nc4ccc(C(=O)N5CC(C)N(C)C(C)C5)cn4)ncc3F)cc2n1C(C)C.Cc1nc2c(F)cc(-c3nc(Nc4ccc(C(=O)N5CC(O)(C6CCCCN6)C5)cn4)ncc3F)cc2n1C(C)C. The topological polar surface area (TPSA) is 213 Å². The van der Waals surface area contributed by atoms with Crippen LogP contribution in [0.25, 0.3) is 44.6 Å². The summed E-state index contributed by atoms with van der Waals surface area (Å²) in [4.78, 5) is 65.6. The number of hydrogen-bond donors (Lipinski definition) is 4. The van der Waals surface area contributed by atoms with E-state index in [0.29, 0.717) is 58.5 Å². The Balaban J connectivity index is 0.000000180. The molecule has 3 aliphatic rings. The Bertz CT molecular complexity index is 3600. The minimum Gasteiger partial charge on any atom is -0.385 e. The van der Waals surface area contributed by atoms with Crippen LogP contribution in [-0.2, 0) is 0 Å². The third-order valence-electron chi connectivity index (χ3n) is 15.2. The van der Waals surface area contributed by atoms with Crippen LogP contribution in [0.1, 0.15) is 105 Å². The number of rotatable bonds is 11. The minimum atomic E-state index is -0.899. The van der Waals surface area contributed by atoms with Gasteiger partial charge in [-0.3, -0.25) is 14.5 Å². The second-order valence-electron chi connectivity index (χ2n) is 21.6. The molecule has 11 rings (SSSR count). The lowest BCUT2D eigenvalue weighted by molar-refractivity contribution is -0.108. The van der Waals surface area contributed by atoms with Crippen molar-refractivity contribution in [2.45, 2.75) is 110 Å². The van der Waals surface area contributed by atoms with E-state index in [-0.39, 0.29) is 101 Å². The van der Waals surface area contributed by atoms with Gasteiger partial charge >= 0.3 is 0 Å². The summed E-state index contributed by atoms with van der Waals surface area (Å²) < 4.78 is 63.4. The Morgan fingerprint density at radius 2 is 1.10 bits per heavy atom. The van der Waals surface area contributed by atoms with Crippen LogP contribution in [-0.4, -0.2) is 144 Å². The predicted octanol–water partition coefficient (Wildman–Crippen LogP) is 9.09. The molecule has 3 atom stereocenters. The van der Waals surface area contributed by atoms with E-state index in [9.17, 15) is 32.3 Å². The number of piperazine rings is 1. The molecule has 0 aliphatic carbocycles. The normalized spacial score (nSPS) is 18.4. The molecule has 6 aromatic heterocycles. The van der Waals surface area contributed by atoms with Gasteiger partial charge in [-0.15, -0.1) is 0 Å². The van der Waals surface area contributed by atoms with Gasteiger partial charge in [-0.25, -0.2) is 57.4 Å². The molecule has 2 amide bonds. The van der Waals surface area contributed by atoms with Crippen LogP contribution in [0.4, 0.5) is 41.1 Å². The molecule has 3 fully saturated rings. The molecule has 8 aromatic rings. The van der Waals surface area contributed by atoms with E-state index in [0.717, 1.165) is 38.2 Å². The van der Waals surface area contributed by atoms with E-state index >= 15 is 0 Å². The van der Waals surface area contributed by atoms with Gasteiger partial charge in [-0.05, 0) is 130 Å². The molecule has 0 spiro atoms. The number of anilines is 4. The van der Waals surface area contributed by atoms with Crippen molar-refractivity contribution in [1.29, 1.82) is 0 Å². The van der Waals surface area contributed by atoms with Crippen molar-refractivity contribution in [1.82, 2.24) is 69.0 Å². The van der Waals surface area contributed by atoms with Gasteiger partial charge in [0.1, 0.15) is 51.3 Å². The number of aliphatic hydroxyl groups is 1. The van der Waals surface area contributed by atoms with Crippen LogP contribution in [0.3, 0.4) is 0 Å². The molecule has 3 saturated heterocycles. The fourth-order valence-corrected chi connectivity index (χ4v) is 11.0. The molecule has 0 bridgehead atoms. The first-order valence-corrected chi connectivity index (χ1v) is 26.8. The average molecular weight is 1100 g/mol. The zero-order chi connectivity index (χ0) is 56.9. The molecule has 19 nitrogen and oxygen atoms in total. The number of likely N-dealkylation sites (N-methyl/N-ethyl adjacent to an activating group) is 1. The summed E-state index contributed by atoms with van der Waals surface area (Å²) in [6, 6.07) is 13.0. The summed E-state index contributed by atoms with van der Waals surface area (Å²) in [5.41, 5.74) is 1.95. The summed E-state index contributed by atoms with van der Waals surface area (Å²) in [5.74, 6) is -0.559. The number of carbonyl (C=O) groups excluding carboxylic acids is 2. The molecule has 80 heavy (non-hydrogen) atoms. The van der Waals surface area contributed by atoms with E-state index in [1.165, 1.54) is 24.5 Å². The van der Waals surface area contributed by atoms with Gasteiger partial charge in [-0.2, -0.15) is 0 Å². The standard InChI is InChI=1S/C29H32F2N8O2.C28H32F2N8O/c1-16(2)39-17(3)35-26-20(30)10-19(11-22(26)39)25-21(31)13-34-28(37-25)36-24-8-7-18(12-33-24)27(40)38-14-29(41,15-38)23-6-4-5-9-32-23;1-15(2)38-18(5)33-26-21(29)9-20(10-23(26)38)25-22(30)12-32-28(35-25)34-24-8-7-19(11-31-24)27(39)37-13-16(3)36(6)17(4)14-37/h7-8,10-13,16,23,32,41H,4-6,9,14-15H2,1-3H3,(H,33,34,36,37);7-12,15-17H,13-14H2,1-6H3,(H,31,32,34,35). The first-order chi connectivity index (χ1) is 38.2. The van der Waals surface area contributed by atoms with Crippen LogP contribution >= 0.6 is 0 Å². The highest BCUT2D eigenvalue weighted by atomic mass is 19.1. The highest BCUT2D eigenvalue weighted by molar-refractivity contribution is 5.95. The number of nitrogens with zero attached hydrogens (tertiary/aromatic N) is 13. The van der Waals surface area contributed by atoms with Crippen LogP contribution in [0.2, 0.25) is 0 Å². The highest BCUT2D eigenvalue weighted by Crippen LogP contribution is 2.34. The van der Waals surface area contributed by atoms with Crippen molar-refractivity contribution in [3.8, 4) is 22.5 Å². The van der Waals surface area contributed by atoms with Gasteiger partial charge in [-0.1, -0.05) is 6.42 Å². The maximum Gasteiger partial charge on any atom is 0.255 e. The molecule has 3 unspecified atom stereocenters. The first-order valence-electron chi connectivity index (χ1n) is 26.8. The van der Waals surface area contributed by atoms with Crippen LogP contribution < -0.4 is 16.0 Å². The van der Waals surface area contributed by atoms with Crippen molar-refractivity contribution >= 4 is 57.4 Å². The minimum absolute atomic E-state index is 0.00508. The van der Waals surface area contributed by atoms with Crippen molar-refractivity contribution in [3.63, 3.8) is 0 Å². The zero-order valence-electron chi connectivity index (χ0n) is 46.1. The Morgan fingerprint density at radius 3 is 1.51 bits per heavy atom. The second-order valence-corrected chi connectivity index (χ2v) is 21.6. The number of carbonyl (C=O) groups is 2. The number of amides is 2. The largest absolute Gasteiger partial charge is 0.385 e. The predicted molar refractivity (Wildman–Crippen MR) is 296 cm³/mol. The summed E-state index contributed by atoms with van der Waals surface area (Å²) >= 11 is 0. The zero-order valence-corrected chi connectivity index (χ0v) is 46.1. The molecular formula is C57H64F4N16O3. The molecule has 0 radical (unpaired) electrons. The number of pyridine rings is 2. The number of fused-ring (bicyclic) bond motifs is 2. The van der Waals surface area contributed by atoms with Gasteiger partial charge in [0.2, 0.25) is 11.9 Å². The molecule has 9 heterocycles. The van der Waals surface area contributed by atoms with Gasteiger partial charge in [0, 0.05) is 66.8 Å². The van der Waals surface area contributed by atoms with E-state index in [1.807, 2.05) is 48.7 Å². The first kappa shape index (κ1) is 55.3. The Hall–Kier alpha value is -8.02. The molecule has 2 aromatic carbocycles. The average Bonchev–Trinajstić information content (AvgIpc) is 3.97. The van der Waals surface area contributed by atoms with Gasteiger partial charge in [0.25, 0.3) is 11.8 Å². The van der Waals surface area contributed by atoms with Crippen molar-refractivity contribution in [2.24, 2.45) is 0 Å². The number of aryl methyl sites for hydroxylation is 2. The number of β-amino-alcohol motifs (C(OH)–C–C–N with tert-alkyl or cyclic N) is 1. The Kier molecular flexibility index (Phi) is 15.4. The van der Waals surface area contributed by atoms with E-state index in [1.54, 1.807) is 48.2 Å². The van der Waals surface area contributed by atoms with E-state index < -0.39 is 28.9 Å². The molecule has 0 saturated carbocycles. The van der Waals surface area contributed by atoms with Crippen LogP contribution in [0.15, 0.2) is 73.3 Å². The maximum absolute atomic E-state index is 15.0. The number of nitrogens with one attached hydrogen (secondary N) is 3. The third-order valence-corrected chi connectivity index (χ3v) is 15.2. The fourth-order valence-electron chi connectivity index (χ4n) is 11.0. The Morgan fingerprint density at radius 1 is 0.637 bits per heavy atom. The number of hydrogen-bond acceptors (Lipinski definition) is 15. The number of aromatic nitrogens is 10. The number of imidazole rings is 2. The Labute approximate surface area is 459 Å². The molecule has 418 valence electrons. The summed E-state index contributed by atoms with van der Waals surface area (Å²) in [6.07, 6.45) is 8.06. The molecule has 3 aliphatic heterocycles. The fraction of sp³-hybridized carbons (Fsp3) is 0.404. The number of benzene rings is 2. The monoisotopic (exact) mass is 1100 g/mol. The summed E-state index contributed by atoms with van der Waals surface area (Å²) in [7, 11) is 2.07. The highest BCUT2D eigenvalue weighted by Gasteiger charge is 2.49. The molecular weight excluding hydrogens is 1030 g/mol. The number of likely N-dealkylation sites (tertiary alicyclic amines) is 1. The molecule has 23 heteroatoms. The second kappa shape index (κ2) is 22.3.